The van der Waals surface area contributed by atoms with E-state index in [2.05, 4.69) is 15.6 Å². The number of amides is 1. The molecule has 0 saturated carbocycles. The number of rotatable bonds is 7. The SMILES string of the molecule is O=C(CCc1nc(-c2ccsc2)no1)NOCc1ccccc1. The molecular weight excluding hydrogens is 314 g/mol. The van der Waals surface area contributed by atoms with Crippen LogP contribution in [0.15, 0.2) is 51.7 Å². The molecule has 1 amide bonds. The largest absolute Gasteiger partial charge is 0.339 e. The summed E-state index contributed by atoms with van der Waals surface area (Å²) < 4.78 is 5.14. The highest BCUT2D eigenvalue weighted by molar-refractivity contribution is 7.08. The molecule has 2 heterocycles. The fourth-order valence-electron chi connectivity index (χ4n) is 1.91. The molecule has 6 nitrogen and oxygen atoms in total. The molecule has 0 radical (unpaired) electrons. The molecule has 1 N–H and O–H groups in total. The standard InChI is InChI=1S/C16H15N3O3S/c20-14(18-21-10-12-4-2-1-3-5-12)6-7-15-17-16(19-22-15)13-8-9-23-11-13/h1-5,8-9,11H,6-7,10H2,(H,18,20). The Balaban J connectivity index is 1.41. The number of hydrogen-bond donors (Lipinski definition) is 1. The van der Waals surface area contributed by atoms with Crippen LogP contribution in [0.1, 0.15) is 17.9 Å². The van der Waals surface area contributed by atoms with Crippen molar-refractivity contribution in [3.63, 3.8) is 0 Å². The molecule has 23 heavy (non-hydrogen) atoms. The molecule has 118 valence electrons. The summed E-state index contributed by atoms with van der Waals surface area (Å²) in [7, 11) is 0. The minimum Gasteiger partial charge on any atom is -0.339 e. The first-order valence-electron chi connectivity index (χ1n) is 7.11. The van der Waals surface area contributed by atoms with Gasteiger partial charge in [0.1, 0.15) is 0 Å². The van der Waals surface area contributed by atoms with Crippen LogP contribution in [0.4, 0.5) is 0 Å². The maximum Gasteiger partial charge on any atom is 0.244 e. The number of carbonyl (C=O) groups is 1. The van der Waals surface area contributed by atoms with Gasteiger partial charge >= 0.3 is 0 Å². The van der Waals surface area contributed by atoms with Gasteiger partial charge in [0.15, 0.2) is 0 Å². The van der Waals surface area contributed by atoms with Gasteiger partial charge in [-0.05, 0) is 17.0 Å². The highest BCUT2D eigenvalue weighted by atomic mass is 32.1. The smallest absolute Gasteiger partial charge is 0.244 e. The zero-order chi connectivity index (χ0) is 15.9. The van der Waals surface area contributed by atoms with E-state index in [1.54, 1.807) is 11.3 Å². The summed E-state index contributed by atoms with van der Waals surface area (Å²) in [5.74, 6) is 0.752. The number of thiophene rings is 1. The summed E-state index contributed by atoms with van der Waals surface area (Å²) in [5, 5.41) is 7.79. The van der Waals surface area contributed by atoms with Crippen molar-refractivity contribution in [1.82, 2.24) is 15.6 Å². The highest BCUT2D eigenvalue weighted by Gasteiger charge is 2.11. The quantitative estimate of drug-likeness (QED) is 0.674. The van der Waals surface area contributed by atoms with Gasteiger partial charge in [-0.15, -0.1) is 0 Å². The predicted molar refractivity (Wildman–Crippen MR) is 85.3 cm³/mol. The van der Waals surface area contributed by atoms with Gasteiger partial charge in [-0.25, -0.2) is 5.48 Å². The molecule has 0 atom stereocenters. The van der Waals surface area contributed by atoms with Crippen LogP contribution in [0, 0.1) is 0 Å². The van der Waals surface area contributed by atoms with E-state index in [0.717, 1.165) is 11.1 Å². The number of nitrogens with zero attached hydrogens (tertiary/aromatic N) is 2. The van der Waals surface area contributed by atoms with Crippen LogP contribution >= 0.6 is 11.3 Å². The maximum atomic E-state index is 11.7. The number of aryl methyl sites for hydroxylation is 1. The first kappa shape index (κ1) is 15.4. The van der Waals surface area contributed by atoms with E-state index in [0.29, 0.717) is 24.7 Å². The van der Waals surface area contributed by atoms with Gasteiger partial charge in [-0.3, -0.25) is 9.63 Å². The van der Waals surface area contributed by atoms with Crippen LogP contribution in [0.5, 0.6) is 0 Å². The van der Waals surface area contributed by atoms with E-state index >= 15 is 0 Å². The van der Waals surface area contributed by atoms with Crippen molar-refractivity contribution in [2.45, 2.75) is 19.4 Å². The summed E-state index contributed by atoms with van der Waals surface area (Å²) in [5.41, 5.74) is 4.32. The Morgan fingerprint density at radius 1 is 1.26 bits per heavy atom. The summed E-state index contributed by atoms with van der Waals surface area (Å²) in [4.78, 5) is 21.1. The fourth-order valence-corrected chi connectivity index (χ4v) is 2.55. The molecule has 0 saturated heterocycles. The van der Waals surface area contributed by atoms with Crippen LogP contribution in [0.2, 0.25) is 0 Å². The van der Waals surface area contributed by atoms with Crippen molar-refractivity contribution in [2.24, 2.45) is 0 Å². The summed E-state index contributed by atoms with van der Waals surface area (Å²) in [6.07, 6.45) is 0.595. The molecule has 2 aromatic heterocycles. The average molecular weight is 329 g/mol. The molecule has 0 aliphatic carbocycles. The molecule has 0 spiro atoms. The van der Waals surface area contributed by atoms with Crippen LogP contribution in [0.25, 0.3) is 11.4 Å². The Bertz CT molecular complexity index is 741. The van der Waals surface area contributed by atoms with Crippen LogP contribution in [-0.2, 0) is 22.7 Å². The number of carbonyl (C=O) groups excluding carboxylic acids is 1. The Kier molecular flexibility index (Phi) is 5.13. The third-order valence-electron chi connectivity index (χ3n) is 3.08. The Labute approximate surface area is 137 Å². The lowest BCUT2D eigenvalue weighted by atomic mass is 10.2. The predicted octanol–water partition coefficient (Wildman–Crippen LogP) is 2.98. The number of nitrogens with one attached hydrogen (secondary N) is 1. The molecule has 3 aromatic rings. The zero-order valence-corrected chi connectivity index (χ0v) is 13.1. The van der Waals surface area contributed by atoms with E-state index in [1.807, 2.05) is 47.2 Å². The lowest BCUT2D eigenvalue weighted by molar-refractivity contribution is -0.134. The van der Waals surface area contributed by atoms with E-state index in [-0.39, 0.29) is 12.3 Å². The maximum absolute atomic E-state index is 11.7. The average Bonchev–Trinajstić information content (AvgIpc) is 3.25. The lowest BCUT2D eigenvalue weighted by Gasteiger charge is -2.04. The highest BCUT2D eigenvalue weighted by Crippen LogP contribution is 2.18. The Morgan fingerprint density at radius 3 is 2.91 bits per heavy atom. The third kappa shape index (κ3) is 4.48. The van der Waals surface area contributed by atoms with E-state index in [4.69, 9.17) is 9.36 Å². The minimum absolute atomic E-state index is 0.222. The second-order valence-corrected chi connectivity index (χ2v) is 5.60. The van der Waals surface area contributed by atoms with Crippen LogP contribution in [0.3, 0.4) is 0 Å². The van der Waals surface area contributed by atoms with Crippen molar-refractivity contribution < 1.29 is 14.2 Å². The van der Waals surface area contributed by atoms with Gasteiger partial charge < -0.3 is 4.52 Å². The number of hydrogen-bond acceptors (Lipinski definition) is 6. The second kappa shape index (κ2) is 7.66. The van der Waals surface area contributed by atoms with Crippen molar-refractivity contribution in [2.75, 3.05) is 0 Å². The molecule has 0 aliphatic heterocycles. The van der Waals surface area contributed by atoms with Gasteiger partial charge in [0.2, 0.25) is 17.6 Å². The molecule has 1 aromatic carbocycles. The molecule has 0 aliphatic rings. The third-order valence-corrected chi connectivity index (χ3v) is 3.76. The number of benzene rings is 1. The Morgan fingerprint density at radius 2 is 2.13 bits per heavy atom. The van der Waals surface area contributed by atoms with Gasteiger partial charge in [-0.2, -0.15) is 16.3 Å². The summed E-state index contributed by atoms with van der Waals surface area (Å²) >= 11 is 1.57. The molecule has 0 bridgehead atoms. The normalized spacial score (nSPS) is 10.6. The minimum atomic E-state index is -0.226. The van der Waals surface area contributed by atoms with Crippen LogP contribution < -0.4 is 5.48 Å². The molecular formula is C16H15N3O3S. The van der Waals surface area contributed by atoms with Gasteiger partial charge in [0.05, 0.1) is 6.61 Å². The number of hydroxylamine groups is 1. The summed E-state index contributed by atoms with van der Waals surface area (Å²) in [6, 6.07) is 11.5. The number of aromatic nitrogens is 2. The monoisotopic (exact) mass is 329 g/mol. The van der Waals surface area contributed by atoms with Crippen molar-refractivity contribution in [1.29, 1.82) is 0 Å². The molecule has 3 rings (SSSR count). The second-order valence-electron chi connectivity index (χ2n) is 4.82. The zero-order valence-electron chi connectivity index (χ0n) is 12.3. The van der Waals surface area contributed by atoms with Crippen molar-refractivity contribution in [3.05, 3.63) is 58.6 Å². The topological polar surface area (TPSA) is 77.2 Å². The molecule has 7 heteroatoms. The molecule has 0 unspecified atom stereocenters. The van der Waals surface area contributed by atoms with Crippen LogP contribution in [-0.4, -0.2) is 16.0 Å². The van der Waals surface area contributed by atoms with Crippen molar-refractivity contribution >= 4 is 17.2 Å². The van der Waals surface area contributed by atoms with E-state index < -0.39 is 0 Å². The van der Waals surface area contributed by atoms with Gasteiger partial charge in [0, 0.05) is 23.8 Å². The Hall–Kier alpha value is -2.51. The van der Waals surface area contributed by atoms with E-state index in [1.165, 1.54) is 0 Å². The first-order valence-corrected chi connectivity index (χ1v) is 8.05. The van der Waals surface area contributed by atoms with Gasteiger partial charge in [-0.1, -0.05) is 35.5 Å². The summed E-state index contributed by atoms with van der Waals surface area (Å²) in [6.45, 7) is 0.329. The lowest BCUT2D eigenvalue weighted by Crippen LogP contribution is -2.23. The van der Waals surface area contributed by atoms with Crippen molar-refractivity contribution in [3.8, 4) is 11.4 Å². The molecule has 0 fully saturated rings. The fraction of sp³-hybridized carbons (Fsp3) is 0.188. The van der Waals surface area contributed by atoms with Gasteiger partial charge in [0.25, 0.3) is 0 Å². The van der Waals surface area contributed by atoms with E-state index in [9.17, 15) is 4.79 Å². The first-order chi connectivity index (χ1) is 11.3.